The number of thiol groups is 1. The van der Waals surface area contributed by atoms with E-state index in [1.807, 2.05) is 0 Å². The maximum atomic E-state index is 11.8. The lowest BCUT2D eigenvalue weighted by Gasteiger charge is -2.16. The van der Waals surface area contributed by atoms with Gasteiger partial charge < -0.3 is 0 Å². The third-order valence-corrected chi connectivity index (χ3v) is 3.84. The normalized spacial score (nSPS) is 19.3. The van der Waals surface area contributed by atoms with Gasteiger partial charge in [-0.2, -0.15) is 12.6 Å². The van der Waals surface area contributed by atoms with Crippen molar-refractivity contribution in [3.8, 4) is 0 Å². The van der Waals surface area contributed by atoms with Crippen molar-refractivity contribution in [2.45, 2.75) is 6.42 Å². The Balaban J connectivity index is 2.29. The molecule has 1 atom stereocenters. The molecular formula is C10H10BrN3O3S. The minimum absolute atomic E-state index is 0.0314. The lowest BCUT2D eigenvalue weighted by molar-refractivity contribution is -0.385. The number of rotatable bonds is 3. The van der Waals surface area contributed by atoms with E-state index in [0.717, 1.165) is 6.20 Å². The predicted octanol–water partition coefficient (Wildman–Crippen LogP) is 2.04. The van der Waals surface area contributed by atoms with Crippen LogP contribution in [0.5, 0.6) is 0 Å². The number of carbonyl (C=O) groups excluding carboxylic acids is 1. The molecule has 1 unspecified atom stereocenters. The summed E-state index contributed by atoms with van der Waals surface area (Å²) in [6.45, 7) is 0.547. The topological polar surface area (TPSA) is 76.3 Å². The van der Waals surface area contributed by atoms with Crippen molar-refractivity contribution >= 4 is 46.0 Å². The number of anilines is 1. The zero-order chi connectivity index (χ0) is 13.3. The Labute approximate surface area is 117 Å². The van der Waals surface area contributed by atoms with Crippen LogP contribution >= 0.6 is 28.6 Å². The highest BCUT2D eigenvalue weighted by Crippen LogP contribution is 2.31. The maximum Gasteiger partial charge on any atom is 0.288 e. The SMILES string of the molecule is O=C1CC(CS)CN1c1ncc([N+](=O)[O-])cc1Br. The number of nitrogens with zero attached hydrogens (tertiary/aromatic N) is 3. The van der Waals surface area contributed by atoms with Crippen LogP contribution in [0.2, 0.25) is 0 Å². The molecule has 2 heterocycles. The molecule has 18 heavy (non-hydrogen) atoms. The van der Waals surface area contributed by atoms with E-state index in [1.165, 1.54) is 11.0 Å². The number of pyridine rings is 1. The summed E-state index contributed by atoms with van der Waals surface area (Å²) in [6.07, 6.45) is 1.59. The van der Waals surface area contributed by atoms with E-state index in [2.05, 4.69) is 33.5 Å². The van der Waals surface area contributed by atoms with E-state index in [1.54, 1.807) is 0 Å². The van der Waals surface area contributed by atoms with E-state index in [-0.39, 0.29) is 17.5 Å². The second kappa shape index (κ2) is 5.23. The van der Waals surface area contributed by atoms with Gasteiger partial charge in [0.15, 0.2) is 0 Å². The van der Waals surface area contributed by atoms with Gasteiger partial charge in [0.1, 0.15) is 12.0 Å². The Kier molecular flexibility index (Phi) is 3.86. The molecule has 6 nitrogen and oxygen atoms in total. The summed E-state index contributed by atoms with van der Waals surface area (Å²) in [4.78, 5) is 27.4. The third kappa shape index (κ3) is 2.49. The van der Waals surface area contributed by atoms with Gasteiger partial charge in [-0.05, 0) is 27.6 Å². The molecule has 0 spiro atoms. The van der Waals surface area contributed by atoms with E-state index in [0.29, 0.717) is 29.0 Å². The highest BCUT2D eigenvalue weighted by Gasteiger charge is 2.32. The van der Waals surface area contributed by atoms with E-state index >= 15 is 0 Å². The van der Waals surface area contributed by atoms with Crippen molar-refractivity contribution in [1.82, 2.24) is 4.98 Å². The summed E-state index contributed by atoms with van der Waals surface area (Å²) < 4.78 is 0.449. The summed E-state index contributed by atoms with van der Waals surface area (Å²) >= 11 is 7.39. The van der Waals surface area contributed by atoms with Crippen molar-refractivity contribution in [3.63, 3.8) is 0 Å². The monoisotopic (exact) mass is 331 g/mol. The fourth-order valence-electron chi connectivity index (χ4n) is 1.83. The molecular weight excluding hydrogens is 322 g/mol. The Morgan fingerprint density at radius 1 is 1.67 bits per heavy atom. The number of aromatic nitrogens is 1. The van der Waals surface area contributed by atoms with Crippen LogP contribution in [0.1, 0.15) is 6.42 Å². The van der Waals surface area contributed by atoms with Gasteiger partial charge >= 0.3 is 0 Å². The number of hydrogen-bond acceptors (Lipinski definition) is 5. The second-order valence-corrected chi connectivity index (χ2v) is 5.23. The Bertz CT molecular complexity index is 511. The zero-order valence-electron chi connectivity index (χ0n) is 9.24. The predicted molar refractivity (Wildman–Crippen MR) is 72.9 cm³/mol. The van der Waals surface area contributed by atoms with Crippen LogP contribution in [-0.2, 0) is 4.79 Å². The van der Waals surface area contributed by atoms with Gasteiger partial charge in [-0.25, -0.2) is 4.98 Å². The molecule has 96 valence electrons. The minimum atomic E-state index is -0.524. The van der Waals surface area contributed by atoms with Gasteiger partial charge in [0.2, 0.25) is 5.91 Å². The molecule has 0 aliphatic carbocycles. The van der Waals surface area contributed by atoms with Gasteiger partial charge in [-0.3, -0.25) is 19.8 Å². The van der Waals surface area contributed by atoms with Crippen LogP contribution in [0.4, 0.5) is 11.5 Å². The fraction of sp³-hybridized carbons (Fsp3) is 0.400. The molecule has 2 rings (SSSR count). The Hall–Kier alpha value is -1.15. The largest absolute Gasteiger partial charge is 0.296 e. The third-order valence-electron chi connectivity index (χ3n) is 2.74. The summed E-state index contributed by atoms with van der Waals surface area (Å²) in [5.41, 5.74) is -0.108. The first kappa shape index (κ1) is 13.3. The molecule has 1 amide bonds. The van der Waals surface area contributed by atoms with Gasteiger partial charge in [0, 0.05) is 19.0 Å². The van der Waals surface area contributed by atoms with Gasteiger partial charge in [0.05, 0.1) is 9.40 Å². The number of carbonyl (C=O) groups is 1. The van der Waals surface area contributed by atoms with Crippen LogP contribution in [0, 0.1) is 16.0 Å². The molecule has 0 N–H and O–H groups in total. The average molecular weight is 332 g/mol. The zero-order valence-corrected chi connectivity index (χ0v) is 11.7. The molecule has 0 saturated carbocycles. The van der Waals surface area contributed by atoms with E-state index in [4.69, 9.17) is 0 Å². The van der Waals surface area contributed by atoms with Gasteiger partial charge in [-0.1, -0.05) is 0 Å². The van der Waals surface area contributed by atoms with Gasteiger partial charge in [-0.15, -0.1) is 0 Å². The standard InChI is InChI=1S/C10H10BrN3O3S/c11-8-2-7(14(16)17)3-12-10(8)13-4-6(5-18)1-9(13)15/h2-3,6,18H,1,4-5H2. The molecule has 1 saturated heterocycles. The summed E-state index contributed by atoms with van der Waals surface area (Å²) in [5, 5.41) is 10.6. The van der Waals surface area contributed by atoms with Crippen LogP contribution in [-0.4, -0.2) is 28.1 Å². The van der Waals surface area contributed by atoms with Gasteiger partial charge in [0.25, 0.3) is 5.69 Å². The van der Waals surface area contributed by atoms with Crippen molar-refractivity contribution in [2.24, 2.45) is 5.92 Å². The molecule has 8 heteroatoms. The van der Waals surface area contributed by atoms with Crippen LogP contribution < -0.4 is 4.90 Å². The Morgan fingerprint density at radius 2 is 2.39 bits per heavy atom. The molecule has 1 aromatic rings. The smallest absolute Gasteiger partial charge is 0.288 e. The van der Waals surface area contributed by atoms with Crippen LogP contribution in [0.25, 0.3) is 0 Å². The maximum absolute atomic E-state index is 11.8. The summed E-state index contributed by atoms with van der Waals surface area (Å²) in [5.74, 6) is 1.23. The fourth-order valence-corrected chi connectivity index (χ4v) is 2.62. The molecule has 1 aliphatic heterocycles. The molecule has 0 aromatic carbocycles. The number of hydrogen-bond donors (Lipinski definition) is 1. The lowest BCUT2D eigenvalue weighted by Crippen LogP contribution is -2.26. The number of halogens is 1. The first-order valence-corrected chi connectivity index (χ1v) is 6.66. The van der Waals surface area contributed by atoms with E-state index in [9.17, 15) is 14.9 Å². The second-order valence-electron chi connectivity index (χ2n) is 4.01. The van der Waals surface area contributed by atoms with Crippen molar-refractivity contribution in [3.05, 3.63) is 26.9 Å². The van der Waals surface area contributed by atoms with Crippen molar-refractivity contribution in [2.75, 3.05) is 17.2 Å². The molecule has 0 bridgehead atoms. The highest BCUT2D eigenvalue weighted by molar-refractivity contribution is 9.10. The summed E-state index contributed by atoms with van der Waals surface area (Å²) in [7, 11) is 0. The lowest BCUT2D eigenvalue weighted by atomic mass is 10.1. The number of nitro groups is 1. The first-order chi connectivity index (χ1) is 8.52. The minimum Gasteiger partial charge on any atom is -0.296 e. The highest BCUT2D eigenvalue weighted by atomic mass is 79.9. The summed E-state index contributed by atoms with van der Waals surface area (Å²) in [6, 6.07) is 1.35. The number of amides is 1. The average Bonchev–Trinajstić information content (AvgIpc) is 2.70. The molecule has 1 aliphatic rings. The van der Waals surface area contributed by atoms with Crippen molar-refractivity contribution < 1.29 is 9.72 Å². The Morgan fingerprint density at radius 3 is 2.89 bits per heavy atom. The van der Waals surface area contributed by atoms with E-state index < -0.39 is 4.92 Å². The quantitative estimate of drug-likeness (QED) is 0.522. The molecule has 1 fully saturated rings. The van der Waals surface area contributed by atoms with Crippen LogP contribution in [0.15, 0.2) is 16.7 Å². The molecule has 1 aromatic heterocycles. The van der Waals surface area contributed by atoms with Crippen molar-refractivity contribution in [1.29, 1.82) is 0 Å². The molecule has 0 radical (unpaired) electrons. The van der Waals surface area contributed by atoms with Crippen LogP contribution in [0.3, 0.4) is 0 Å². The first-order valence-electron chi connectivity index (χ1n) is 5.24.